The van der Waals surface area contributed by atoms with Crippen LogP contribution in [0.4, 0.5) is 0 Å². The van der Waals surface area contributed by atoms with Crippen LogP contribution in [0, 0.1) is 5.92 Å². The average Bonchev–Trinajstić information content (AvgIpc) is 2.86. The Morgan fingerprint density at radius 1 is 1.64 bits per heavy atom. The maximum atomic E-state index is 5.32. The fraction of sp³-hybridized carbons (Fsp3) is 0.700. The lowest BCUT2D eigenvalue weighted by molar-refractivity contribution is 0.184. The molecule has 0 amide bonds. The topological polar surface area (TPSA) is 49.9 Å². The van der Waals surface area contributed by atoms with Crippen molar-refractivity contribution in [3.63, 3.8) is 0 Å². The third-order valence-corrected chi connectivity index (χ3v) is 2.62. The summed E-state index contributed by atoms with van der Waals surface area (Å²) in [5.74, 6) is 0.768. The Hall–Kier alpha value is -0.870. The summed E-state index contributed by atoms with van der Waals surface area (Å²) in [6.45, 7) is 3.84. The van der Waals surface area contributed by atoms with Crippen LogP contribution in [0.5, 0.6) is 0 Å². The van der Waals surface area contributed by atoms with E-state index in [1.807, 2.05) is 6.20 Å². The molecule has 14 heavy (non-hydrogen) atoms. The molecule has 0 aromatic carbocycles. The van der Waals surface area contributed by atoms with E-state index in [0.29, 0.717) is 0 Å². The van der Waals surface area contributed by atoms with Crippen LogP contribution in [-0.2, 0) is 11.3 Å². The van der Waals surface area contributed by atoms with E-state index in [4.69, 9.17) is 4.74 Å². The molecule has 0 spiro atoms. The van der Waals surface area contributed by atoms with Gasteiger partial charge in [-0.05, 0) is 25.3 Å². The smallest absolute Gasteiger partial charge is 0.0922 e. The highest BCUT2D eigenvalue weighted by Gasteiger charge is 2.14. The van der Waals surface area contributed by atoms with Crippen molar-refractivity contribution in [1.82, 2.24) is 15.3 Å². The van der Waals surface area contributed by atoms with Crippen molar-refractivity contribution in [3.05, 3.63) is 18.2 Å². The van der Waals surface area contributed by atoms with Gasteiger partial charge in [-0.2, -0.15) is 0 Å². The average molecular weight is 195 g/mol. The first-order valence-corrected chi connectivity index (χ1v) is 5.21. The molecule has 78 valence electrons. The van der Waals surface area contributed by atoms with Gasteiger partial charge in [0.1, 0.15) is 0 Å². The van der Waals surface area contributed by atoms with Gasteiger partial charge < -0.3 is 15.0 Å². The van der Waals surface area contributed by atoms with Gasteiger partial charge in [-0.25, -0.2) is 4.98 Å². The van der Waals surface area contributed by atoms with E-state index in [2.05, 4.69) is 15.3 Å². The van der Waals surface area contributed by atoms with E-state index >= 15 is 0 Å². The van der Waals surface area contributed by atoms with E-state index in [9.17, 15) is 0 Å². The van der Waals surface area contributed by atoms with Crippen LogP contribution in [0.1, 0.15) is 18.5 Å². The largest absolute Gasteiger partial charge is 0.381 e. The van der Waals surface area contributed by atoms with Gasteiger partial charge in [-0.1, -0.05) is 0 Å². The number of nitrogens with zero attached hydrogens (tertiary/aromatic N) is 1. The molecule has 1 aromatic rings. The summed E-state index contributed by atoms with van der Waals surface area (Å²) in [4.78, 5) is 7.03. The number of hydrogen-bond acceptors (Lipinski definition) is 3. The van der Waals surface area contributed by atoms with Crippen LogP contribution in [0.15, 0.2) is 12.5 Å². The van der Waals surface area contributed by atoms with E-state index in [0.717, 1.165) is 37.9 Å². The van der Waals surface area contributed by atoms with Gasteiger partial charge in [0.05, 0.1) is 6.33 Å². The van der Waals surface area contributed by atoms with Crippen LogP contribution < -0.4 is 5.32 Å². The highest BCUT2D eigenvalue weighted by atomic mass is 16.5. The minimum absolute atomic E-state index is 0.768. The minimum Gasteiger partial charge on any atom is -0.381 e. The number of imidazole rings is 1. The number of H-pyrrole nitrogens is 1. The number of aromatic amines is 1. The molecule has 1 fully saturated rings. The molecular weight excluding hydrogens is 178 g/mol. The SMILES string of the molecule is c1ncc(CNCCC2CCOC2)[nH]1. The Balaban J connectivity index is 1.55. The second kappa shape index (κ2) is 5.12. The second-order valence-electron chi connectivity index (χ2n) is 3.77. The van der Waals surface area contributed by atoms with Crippen molar-refractivity contribution in [3.8, 4) is 0 Å². The molecule has 4 nitrogen and oxygen atoms in total. The monoisotopic (exact) mass is 195 g/mol. The zero-order valence-corrected chi connectivity index (χ0v) is 8.33. The quantitative estimate of drug-likeness (QED) is 0.687. The molecule has 0 radical (unpaired) electrons. The standard InChI is InChI=1S/C10H17N3O/c1(9-2-4-14-7-9)3-11-5-10-6-12-8-13-10/h6,8-9,11H,1-5,7H2,(H,12,13). The van der Waals surface area contributed by atoms with Gasteiger partial charge in [0.25, 0.3) is 0 Å². The number of ether oxygens (including phenoxy) is 1. The van der Waals surface area contributed by atoms with Crippen molar-refractivity contribution >= 4 is 0 Å². The number of nitrogens with one attached hydrogen (secondary N) is 2. The Kier molecular flexibility index (Phi) is 3.54. The fourth-order valence-corrected chi connectivity index (χ4v) is 1.72. The summed E-state index contributed by atoms with van der Waals surface area (Å²) in [7, 11) is 0. The van der Waals surface area contributed by atoms with Gasteiger partial charge in [0, 0.05) is 31.6 Å². The van der Waals surface area contributed by atoms with Crippen molar-refractivity contribution in [1.29, 1.82) is 0 Å². The van der Waals surface area contributed by atoms with Crippen molar-refractivity contribution in [2.75, 3.05) is 19.8 Å². The van der Waals surface area contributed by atoms with Crippen molar-refractivity contribution < 1.29 is 4.74 Å². The Morgan fingerprint density at radius 2 is 2.64 bits per heavy atom. The molecule has 0 saturated carbocycles. The zero-order valence-electron chi connectivity index (χ0n) is 8.33. The third kappa shape index (κ3) is 2.82. The molecule has 4 heteroatoms. The molecule has 1 aromatic heterocycles. The summed E-state index contributed by atoms with van der Waals surface area (Å²) < 4.78 is 5.32. The van der Waals surface area contributed by atoms with E-state index in [1.165, 1.54) is 12.8 Å². The van der Waals surface area contributed by atoms with Gasteiger partial charge >= 0.3 is 0 Å². The van der Waals surface area contributed by atoms with Gasteiger partial charge in [-0.15, -0.1) is 0 Å². The Morgan fingerprint density at radius 3 is 3.36 bits per heavy atom. The molecule has 1 aliphatic rings. The normalized spacial score (nSPS) is 21.6. The van der Waals surface area contributed by atoms with Gasteiger partial charge in [-0.3, -0.25) is 0 Å². The minimum atomic E-state index is 0.768. The predicted octanol–water partition coefficient (Wildman–Crippen LogP) is 0.926. The van der Waals surface area contributed by atoms with E-state index < -0.39 is 0 Å². The molecule has 2 heterocycles. The molecule has 2 N–H and O–H groups in total. The highest BCUT2D eigenvalue weighted by Crippen LogP contribution is 2.15. The number of aromatic nitrogens is 2. The lowest BCUT2D eigenvalue weighted by atomic mass is 10.1. The van der Waals surface area contributed by atoms with Gasteiger partial charge in [0.15, 0.2) is 0 Å². The summed E-state index contributed by atoms with van der Waals surface area (Å²) in [5.41, 5.74) is 1.15. The third-order valence-electron chi connectivity index (χ3n) is 2.62. The fourth-order valence-electron chi connectivity index (χ4n) is 1.72. The molecule has 1 aliphatic heterocycles. The first-order chi connectivity index (χ1) is 6.95. The first kappa shape index (κ1) is 9.68. The molecule has 1 saturated heterocycles. The maximum absolute atomic E-state index is 5.32. The Labute approximate surface area is 84.1 Å². The van der Waals surface area contributed by atoms with Crippen LogP contribution in [0.3, 0.4) is 0 Å². The summed E-state index contributed by atoms with van der Waals surface area (Å²) in [6, 6.07) is 0. The molecule has 1 atom stereocenters. The predicted molar refractivity (Wildman–Crippen MR) is 53.8 cm³/mol. The summed E-state index contributed by atoms with van der Waals surface area (Å²) in [6.07, 6.45) is 6.01. The van der Waals surface area contributed by atoms with Crippen LogP contribution in [0.2, 0.25) is 0 Å². The maximum Gasteiger partial charge on any atom is 0.0922 e. The van der Waals surface area contributed by atoms with Crippen LogP contribution in [0.25, 0.3) is 0 Å². The number of rotatable bonds is 5. The molecule has 2 rings (SSSR count). The lowest BCUT2D eigenvalue weighted by Gasteiger charge is -2.07. The Bertz CT molecular complexity index is 242. The lowest BCUT2D eigenvalue weighted by Crippen LogP contribution is -2.18. The second-order valence-corrected chi connectivity index (χ2v) is 3.77. The molecule has 0 bridgehead atoms. The zero-order chi connectivity index (χ0) is 9.64. The van der Waals surface area contributed by atoms with Crippen LogP contribution in [-0.4, -0.2) is 29.7 Å². The first-order valence-electron chi connectivity index (χ1n) is 5.21. The summed E-state index contributed by atoms with van der Waals surface area (Å²) >= 11 is 0. The van der Waals surface area contributed by atoms with Crippen LogP contribution >= 0.6 is 0 Å². The van der Waals surface area contributed by atoms with E-state index in [1.54, 1.807) is 6.33 Å². The molecule has 0 aliphatic carbocycles. The summed E-state index contributed by atoms with van der Waals surface area (Å²) in [5, 5.41) is 3.39. The van der Waals surface area contributed by atoms with Crippen molar-refractivity contribution in [2.24, 2.45) is 5.92 Å². The highest BCUT2D eigenvalue weighted by molar-refractivity contribution is 4.92. The molecule has 1 unspecified atom stereocenters. The van der Waals surface area contributed by atoms with Gasteiger partial charge in [0.2, 0.25) is 0 Å². The van der Waals surface area contributed by atoms with Crippen molar-refractivity contribution in [2.45, 2.75) is 19.4 Å². The van der Waals surface area contributed by atoms with E-state index in [-0.39, 0.29) is 0 Å². The number of hydrogen-bond donors (Lipinski definition) is 2. The molecular formula is C10H17N3O.